The smallest absolute Gasteiger partial charge is 0.224 e. The summed E-state index contributed by atoms with van der Waals surface area (Å²) < 4.78 is 0. The van der Waals surface area contributed by atoms with Crippen LogP contribution in [-0.2, 0) is 11.2 Å². The van der Waals surface area contributed by atoms with Crippen LogP contribution in [0.4, 0.5) is 0 Å². The SMILES string of the molecule is CC(CNC(=O)Cc1ccc(-c2ccc(O)cc2)cc1)C1CCNCC1. The Hall–Kier alpha value is -2.33. The van der Waals surface area contributed by atoms with Gasteiger partial charge >= 0.3 is 0 Å². The summed E-state index contributed by atoms with van der Waals surface area (Å²) in [6.07, 6.45) is 2.82. The van der Waals surface area contributed by atoms with Crippen molar-refractivity contribution in [3.63, 3.8) is 0 Å². The van der Waals surface area contributed by atoms with Crippen molar-refractivity contribution < 1.29 is 9.90 Å². The second kappa shape index (κ2) is 8.86. The molecule has 1 aliphatic rings. The fraction of sp³-hybridized carbons (Fsp3) is 0.409. The maximum Gasteiger partial charge on any atom is 0.224 e. The molecule has 1 heterocycles. The molecule has 1 aliphatic heterocycles. The number of hydrogen-bond donors (Lipinski definition) is 3. The zero-order valence-electron chi connectivity index (χ0n) is 15.4. The third-order valence-corrected chi connectivity index (χ3v) is 5.33. The summed E-state index contributed by atoms with van der Waals surface area (Å²) in [5.74, 6) is 1.59. The van der Waals surface area contributed by atoms with Crippen LogP contribution in [0.15, 0.2) is 48.5 Å². The zero-order valence-corrected chi connectivity index (χ0v) is 15.4. The van der Waals surface area contributed by atoms with Crippen LogP contribution in [0.1, 0.15) is 25.3 Å². The van der Waals surface area contributed by atoms with E-state index in [2.05, 4.69) is 17.6 Å². The van der Waals surface area contributed by atoms with Crippen molar-refractivity contribution >= 4 is 5.91 Å². The number of phenolic OH excluding ortho intramolecular Hbond substituents is 1. The second-order valence-electron chi connectivity index (χ2n) is 7.29. The summed E-state index contributed by atoms with van der Waals surface area (Å²) in [7, 11) is 0. The summed E-state index contributed by atoms with van der Waals surface area (Å²) in [6, 6.07) is 15.2. The highest BCUT2D eigenvalue weighted by molar-refractivity contribution is 5.78. The highest BCUT2D eigenvalue weighted by atomic mass is 16.3. The van der Waals surface area contributed by atoms with E-state index in [4.69, 9.17) is 0 Å². The lowest BCUT2D eigenvalue weighted by Crippen LogP contribution is -2.36. The van der Waals surface area contributed by atoms with Crippen molar-refractivity contribution in [3.8, 4) is 16.9 Å². The van der Waals surface area contributed by atoms with Crippen molar-refractivity contribution in [1.29, 1.82) is 0 Å². The number of carbonyl (C=O) groups excluding carboxylic acids is 1. The Bertz CT molecular complexity index is 704. The fourth-order valence-electron chi connectivity index (χ4n) is 3.57. The number of aromatic hydroxyl groups is 1. The fourth-order valence-corrected chi connectivity index (χ4v) is 3.57. The topological polar surface area (TPSA) is 61.4 Å². The van der Waals surface area contributed by atoms with Gasteiger partial charge in [-0.15, -0.1) is 0 Å². The van der Waals surface area contributed by atoms with Gasteiger partial charge in [0.1, 0.15) is 5.75 Å². The van der Waals surface area contributed by atoms with E-state index >= 15 is 0 Å². The normalized spacial score (nSPS) is 16.2. The van der Waals surface area contributed by atoms with Gasteiger partial charge in [0.2, 0.25) is 5.91 Å². The molecule has 0 bridgehead atoms. The van der Waals surface area contributed by atoms with E-state index in [1.54, 1.807) is 12.1 Å². The number of carbonyl (C=O) groups is 1. The maximum atomic E-state index is 12.2. The lowest BCUT2D eigenvalue weighted by molar-refractivity contribution is -0.120. The van der Waals surface area contributed by atoms with Crippen LogP contribution in [0.2, 0.25) is 0 Å². The number of hydrogen-bond acceptors (Lipinski definition) is 3. The van der Waals surface area contributed by atoms with Gasteiger partial charge in [0, 0.05) is 6.54 Å². The molecule has 3 rings (SSSR count). The Morgan fingerprint density at radius 3 is 2.27 bits per heavy atom. The highest BCUT2D eigenvalue weighted by Gasteiger charge is 2.20. The lowest BCUT2D eigenvalue weighted by Gasteiger charge is -2.28. The predicted molar refractivity (Wildman–Crippen MR) is 105 cm³/mol. The number of rotatable bonds is 6. The van der Waals surface area contributed by atoms with Crippen molar-refractivity contribution in [2.75, 3.05) is 19.6 Å². The Labute approximate surface area is 155 Å². The molecule has 1 unspecified atom stereocenters. The van der Waals surface area contributed by atoms with Crippen LogP contribution >= 0.6 is 0 Å². The number of nitrogens with one attached hydrogen (secondary N) is 2. The summed E-state index contributed by atoms with van der Waals surface area (Å²) in [5.41, 5.74) is 3.14. The van der Waals surface area contributed by atoms with Gasteiger partial charge in [-0.3, -0.25) is 4.79 Å². The van der Waals surface area contributed by atoms with Gasteiger partial charge < -0.3 is 15.7 Å². The number of amides is 1. The molecule has 1 atom stereocenters. The first-order valence-corrected chi connectivity index (χ1v) is 9.47. The zero-order chi connectivity index (χ0) is 18.4. The van der Waals surface area contributed by atoms with Gasteiger partial charge in [0.15, 0.2) is 0 Å². The molecule has 4 heteroatoms. The highest BCUT2D eigenvalue weighted by Crippen LogP contribution is 2.23. The van der Waals surface area contributed by atoms with Crippen LogP contribution < -0.4 is 10.6 Å². The molecule has 1 amide bonds. The molecule has 0 saturated carbocycles. The summed E-state index contributed by atoms with van der Waals surface area (Å²) >= 11 is 0. The van der Waals surface area contributed by atoms with Crippen molar-refractivity contribution in [1.82, 2.24) is 10.6 Å². The maximum absolute atomic E-state index is 12.2. The third-order valence-electron chi connectivity index (χ3n) is 5.33. The number of phenols is 1. The van der Waals surface area contributed by atoms with Crippen LogP contribution in [0, 0.1) is 11.8 Å². The van der Waals surface area contributed by atoms with Gasteiger partial charge in [0.25, 0.3) is 0 Å². The summed E-state index contributed by atoms with van der Waals surface area (Å²) in [4.78, 5) is 12.2. The van der Waals surface area contributed by atoms with Gasteiger partial charge in [-0.1, -0.05) is 43.3 Å². The molecule has 1 fully saturated rings. The molecule has 2 aromatic rings. The van der Waals surface area contributed by atoms with Gasteiger partial charge in [-0.25, -0.2) is 0 Å². The standard InChI is InChI=1S/C22H28N2O2/c1-16(18-10-12-23-13-11-18)15-24-22(26)14-17-2-4-19(5-3-17)20-6-8-21(25)9-7-20/h2-9,16,18,23,25H,10-15H2,1H3,(H,24,26). The molecular weight excluding hydrogens is 324 g/mol. The molecule has 138 valence electrons. The van der Waals surface area contributed by atoms with Gasteiger partial charge in [-0.2, -0.15) is 0 Å². The molecule has 0 spiro atoms. The number of benzene rings is 2. The van der Waals surface area contributed by atoms with E-state index in [0.29, 0.717) is 18.3 Å². The Morgan fingerprint density at radius 1 is 1.08 bits per heavy atom. The second-order valence-corrected chi connectivity index (χ2v) is 7.29. The third kappa shape index (κ3) is 5.09. The van der Waals surface area contributed by atoms with Gasteiger partial charge in [0.05, 0.1) is 6.42 Å². The largest absolute Gasteiger partial charge is 0.508 e. The molecular formula is C22H28N2O2. The molecule has 0 radical (unpaired) electrons. The monoisotopic (exact) mass is 352 g/mol. The van der Waals surface area contributed by atoms with E-state index in [1.165, 1.54) is 12.8 Å². The molecule has 2 aromatic carbocycles. The lowest BCUT2D eigenvalue weighted by atomic mass is 9.86. The number of piperidine rings is 1. The molecule has 26 heavy (non-hydrogen) atoms. The van der Waals surface area contributed by atoms with E-state index in [1.807, 2.05) is 36.4 Å². The van der Waals surface area contributed by atoms with E-state index in [9.17, 15) is 9.90 Å². The minimum atomic E-state index is 0.0863. The summed E-state index contributed by atoms with van der Waals surface area (Å²) in [5, 5.41) is 15.9. The van der Waals surface area contributed by atoms with Crippen molar-refractivity contribution in [2.24, 2.45) is 11.8 Å². The first-order chi connectivity index (χ1) is 12.6. The Balaban J connectivity index is 1.48. The van der Waals surface area contributed by atoms with Crippen molar-refractivity contribution in [3.05, 3.63) is 54.1 Å². The quantitative estimate of drug-likeness (QED) is 0.747. The minimum absolute atomic E-state index is 0.0863. The van der Waals surface area contributed by atoms with E-state index < -0.39 is 0 Å². The van der Waals surface area contributed by atoms with Crippen LogP contribution in [-0.4, -0.2) is 30.6 Å². The first-order valence-electron chi connectivity index (χ1n) is 9.47. The molecule has 0 aromatic heterocycles. The summed E-state index contributed by atoms with van der Waals surface area (Å²) in [6.45, 7) is 5.18. The first kappa shape index (κ1) is 18.5. The average Bonchev–Trinajstić information content (AvgIpc) is 2.68. The molecule has 3 N–H and O–H groups in total. The average molecular weight is 352 g/mol. The van der Waals surface area contributed by atoms with Gasteiger partial charge in [-0.05, 0) is 66.6 Å². The van der Waals surface area contributed by atoms with Crippen LogP contribution in [0.5, 0.6) is 5.75 Å². The Kier molecular flexibility index (Phi) is 6.29. The predicted octanol–water partition coefficient (Wildman–Crippen LogP) is 3.35. The molecule has 1 saturated heterocycles. The Morgan fingerprint density at radius 2 is 1.65 bits per heavy atom. The molecule has 0 aliphatic carbocycles. The van der Waals surface area contributed by atoms with Crippen LogP contribution in [0.3, 0.4) is 0 Å². The minimum Gasteiger partial charge on any atom is -0.508 e. The van der Waals surface area contributed by atoms with E-state index in [-0.39, 0.29) is 11.7 Å². The van der Waals surface area contributed by atoms with Crippen molar-refractivity contribution in [2.45, 2.75) is 26.2 Å². The molecule has 4 nitrogen and oxygen atoms in total. The van der Waals surface area contributed by atoms with Crippen LogP contribution in [0.25, 0.3) is 11.1 Å². The van der Waals surface area contributed by atoms with E-state index in [0.717, 1.165) is 36.3 Å².